The number of amides is 1. The van der Waals surface area contributed by atoms with Crippen molar-refractivity contribution >= 4 is 5.91 Å². The Morgan fingerprint density at radius 2 is 2.14 bits per heavy atom. The molecule has 2 heteroatoms. The summed E-state index contributed by atoms with van der Waals surface area (Å²) in [5.41, 5.74) is 9.38. The molecule has 4 rings (SSSR count). The normalized spacial score (nSPS) is 43.5. The van der Waals surface area contributed by atoms with Crippen molar-refractivity contribution < 1.29 is 4.79 Å². The zero-order valence-corrected chi connectivity index (χ0v) is 13.9. The van der Waals surface area contributed by atoms with Crippen LogP contribution in [0.1, 0.15) is 71.1 Å². The van der Waals surface area contributed by atoms with Crippen LogP contribution in [0.25, 0.3) is 0 Å². The van der Waals surface area contributed by atoms with Crippen LogP contribution in [0.15, 0.2) is 23.3 Å². The Balaban J connectivity index is 1.79. The van der Waals surface area contributed by atoms with Gasteiger partial charge in [-0.15, -0.1) is 0 Å². The molecule has 4 aliphatic rings. The maximum Gasteiger partial charge on any atom is 0.218 e. The molecule has 2 nitrogen and oxygen atoms in total. The van der Waals surface area contributed by atoms with Gasteiger partial charge in [0.15, 0.2) is 0 Å². The van der Waals surface area contributed by atoms with Gasteiger partial charge in [0, 0.05) is 11.8 Å². The van der Waals surface area contributed by atoms with E-state index in [1.165, 1.54) is 51.4 Å². The van der Waals surface area contributed by atoms with Gasteiger partial charge in [-0.2, -0.15) is 0 Å². The predicted molar refractivity (Wildman–Crippen MR) is 89.1 cm³/mol. The van der Waals surface area contributed by atoms with Gasteiger partial charge >= 0.3 is 0 Å². The van der Waals surface area contributed by atoms with E-state index in [0.717, 1.165) is 18.3 Å². The average Bonchev–Trinajstić information content (AvgIpc) is 2.88. The fraction of sp³-hybridized carbons (Fsp3) is 0.750. The molecule has 2 saturated carbocycles. The Bertz CT molecular complexity index is 560. The molecule has 120 valence electrons. The molecule has 0 radical (unpaired) electrons. The smallest absolute Gasteiger partial charge is 0.218 e. The number of carbonyl (C=O) groups excluding carboxylic acids is 1. The summed E-state index contributed by atoms with van der Waals surface area (Å²) in [6.07, 6.45) is 17.0. The molecular weight excluding hydrogens is 270 g/mol. The van der Waals surface area contributed by atoms with Crippen LogP contribution in [0.5, 0.6) is 0 Å². The molecular formula is C20H29NO. The standard InChI is InChI=1S/C20H29NO/c1-19-10-4-6-16(19)15-8-7-14-5-2-3-11-20(14,13-18(21)22)17(15)9-12-19/h5,9,15-16H,2-4,6-8,10-13H2,1H3,(H2,21,22)/t15-,16-,19-,20+/m0/s1. The summed E-state index contributed by atoms with van der Waals surface area (Å²) in [7, 11) is 0. The van der Waals surface area contributed by atoms with Crippen molar-refractivity contribution in [1.82, 2.24) is 0 Å². The first-order valence-corrected chi connectivity index (χ1v) is 9.24. The lowest BCUT2D eigenvalue weighted by molar-refractivity contribution is -0.119. The fourth-order valence-electron chi connectivity index (χ4n) is 6.44. The van der Waals surface area contributed by atoms with E-state index in [2.05, 4.69) is 19.1 Å². The van der Waals surface area contributed by atoms with E-state index < -0.39 is 0 Å². The summed E-state index contributed by atoms with van der Waals surface area (Å²) in [6.45, 7) is 2.50. The first kappa shape index (κ1) is 14.5. The van der Waals surface area contributed by atoms with Crippen LogP contribution in [0, 0.1) is 22.7 Å². The van der Waals surface area contributed by atoms with Crippen molar-refractivity contribution in [2.24, 2.45) is 28.4 Å². The minimum absolute atomic E-state index is 0.0108. The van der Waals surface area contributed by atoms with Gasteiger partial charge in [0.1, 0.15) is 0 Å². The Labute approximate surface area is 134 Å². The van der Waals surface area contributed by atoms with Crippen LogP contribution in [0.2, 0.25) is 0 Å². The zero-order valence-electron chi connectivity index (χ0n) is 13.9. The number of primary amides is 1. The van der Waals surface area contributed by atoms with Gasteiger partial charge in [-0.3, -0.25) is 4.79 Å². The van der Waals surface area contributed by atoms with Crippen molar-refractivity contribution in [2.45, 2.75) is 71.1 Å². The Kier molecular flexibility index (Phi) is 3.29. The van der Waals surface area contributed by atoms with Crippen LogP contribution in [0.4, 0.5) is 0 Å². The van der Waals surface area contributed by atoms with Crippen molar-refractivity contribution in [3.8, 4) is 0 Å². The molecule has 0 saturated heterocycles. The van der Waals surface area contributed by atoms with E-state index in [9.17, 15) is 4.79 Å². The largest absolute Gasteiger partial charge is 0.370 e. The number of allylic oxidation sites excluding steroid dienone is 4. The summed E-state index contributed by atoms with van der Waals surface area (Å²) in [5.74, 6) is 1.45. The number of hydrogen-bond acceptors (Lipinski definition) is 1. The van der Waals surface area contributed by atoms with Gasteiger partial charge in [0.2, 0.25) is 5.91 Å². The second-order valence-electron chi connectivity index (χ2n) is 8.51. The van der Waals surface area contributed by atoms with Crippen LogP contribution in [-0.2, 0) is 4.79 Å². The van der Waals surface area contributed by atoms with Crippen molar-refractivity contribution in [1.29, 1.82) is 0 Å². The third-order valence-corrected chi connectivity index (χ3v) is 7.40. The molecule has 22 heavy (non-hydrogen) atoms. The number of nitrogens with two attached hydrogens (primary N) is 1. The molecule has 0 bridgehead atoms. The third-order valence-electron chi connectivity index (χ3n) is 7.40. The first-order chi connectivity index (χ1) is 10.6. The van der Waals surface area contributed by atoms with E-state index in [1.54, 1.807) is 11.1 Å². The minimum atomic E-state index is -0.117. The summed E-state index contributed by atoms with van der Waals surface area (Å²) in [4.78, 5) is 11.9. The van der Waals surface area contributed by atoms with E-state index in [4.69, 9.17) is 5.73 Å². The van der Waals surface area contributed by atoms with E-state index in [1.807, 2.05) is 0 Å². The van der Waals surface area contributed by atoms with Gasteiger partial charge in [0.05, 0.1) is 0 Å². The van der Waals surface area contributed by atoms with Crippen LogP contribution in [-0.4, -0.2) is 5.91 Å². The Hall–Kier alpha value is -1.05. The van der Waals surface area contributed by atoms with Gasteiger partial charge in [0.25, 0.3) is 0 Å². The molecule has 0 aromatic heterocycles. The van der Waals surface area contributed by atoms with E-state index >= 15 is 0 Å². The van der Waals surface area contributed by atoms with Gasteiger partial charge < -0.3 is 5.73 Å². The second-order valence-corrected chi connectivity index (χ2v) is 8.51. The maximum absolute atomic E-state index is 11.9. The maximum atomic E-state index is 11.9. The highest BCUT2D eigenvalue weighted by atomic mass is 16.1. The van der Waals surface area contributed by atoms with Crippen molar-refractivity contribution in [2.75, 3.05) is 0 Å². The summed E-state index contributed by atoms with van der Waals surface area (Å²) < 4.78 is 0. The molecule has 4 atom stereocenters. The zero-order chi connectivity index (χ0) is 15.4. The summed E-state index contributed by atoms with van der Waals surface area (Å²) in [6, 6.07) is 0. The van der Waals surface area contributed by atoms with Crippen LogP contribution >= 0.6 is 0 Å². The first-order valence-electron chi connectivity index (χ1n) is 9.24. The monoisotopic (exact) mass is 299 g/mol. The van der Waals surface area contributed by atoms with E-state index in [0.29, 0.717) is 11.8 Å². The van der Waals surface area contributed by atoms with Crippen molar-refractivity contribution in [3.63, 3.8) is 0 Å². The van der Waals surface area contributed by atoms with E-state index in [-0.39, 0.29) is 11.3 Å². The molecule has 0 heterocycles. The van der Waals surface area contributed by atoms with Gasteiger partial charge in [-0.1, -0.05) is 36.6 Å². The lowest BCUT2D eigenvalue weighted by atomic mass is 9.50. The highest BCUT2D eigenvalue weighted by Crippen LogP contribution is 2.64. The molecule has 0 spiro atoms. The summed E-state index contributed by atoms with van der Waals surface area (Å²) in [5, 5.41) is 0. The van der Waals surface area contributed by atoms with Crippen LogP contribution < -0.4 is 5.73 Å². The molecule has 0 aliphatic heterocycles. The Morgan fingerprint density at radius 1 is 1.27 bits per heavy atom. The molecule has 2 fully saturated rings. The quantitative estimate of drug-likeness (QED) is 0.749. The topological polar surface area (TPSA) is 43.1 Å². The second kappa shape index (κ2) is 4.97. The van der Waals surface area contributed by atoms with Crippen molar-refractivity contribution in [3.05, 3.63) is 23.3 Å². The third kappa shape index (κ3) is 1.95. The predicted octanol–water partition coefficient (Wildman–Crippen LogP) is 4.51. The molecule has 2 N–H and O–H groups in total. The van der Waals surface area contributed by atoms with Crippen LogP contribution in [0.3, 0.4) is 0 Å². The molecule has 0 aromatic rings. The minimum Gasteiger partial charge on any atom is -0.370 e. The van der Waals surface area contributed by atoms with Gasteiger partial charge in [-0.25, -0.2) is 0 Å². The lowest BCUT2D eigenvalue weighted by Gasteiger charge is -2.53. The number of carbonyl (C=O) groups is 1. The highest BCUT2D eigenvalue weighted by molar-refractivity contribution is 5.76. The molecule has 1 amide bonds. The molecule has 4 aliphatic carbocycles. The summed E-state index contributed by atoms with van der Waals surface area (Å²) >= 11 is 0. The number of hydrogen-bond donors (Lipinski definition) is 1. The highest BCUT2D eigenvalue weighted by Gasteiger charge is 2.53. The molecule has 0 aromatic carbocycles. The average molecular weight is 299 g/mol. The SMILES string of the molecule is C[C@]12CC=C3[C@@H](CCC4=CCCC[C@@]43CC(N)=O)[C@@H]1CCC2. The lowest BCUT2D eigenvalue weighted by Crippen LogP contribution is -2.45. The van der Waals surface area contributed by atoms with Gasteiger partial charge in [-0.05, 0) is 68.6 Å². The number of fused-ring (bicyclic) bond motifs is 5. The fourth-order valence-corrected chi connectivity index (χ4v) is 6.44. The molecule has 0 unspecified atom stereocenters. The number of rotatable bonds is 2. The Morgan fingerprint density at radius 3 is 2.95 bits per heavy atom.